The topological polar surface area (TPSA) is 107 Å². The van der Waals surface area contributed by atoms with Crippen LogP contribution in [0.1, 0.15) is 17.0 Å². The summed E-state index contributed by atoms with van der Waals surface area (Å²) in [5.41, 5.74) is 10.8. The Morgan fingerprint density at radius 1 is 1.26 bits per heavy atom. The molecule has 3 N–H and O–H groups in total. The molecule has 0 unspecified atom stereocenters. The summed E-state index contributed by atoms with van der Waals surface area (Å²) < 4.78 is 7.92. The van der Waals surface area contributed by atoms with E-state index < -0.39 is 0 Å². The predicted molar refractivity (Wildman–Crippen MR) is 85.1 cm³/mol. The summed E-state index contributed by atoms with van der Waals surface area (Å²) in [6.07, 6.45) is 2.06. The smallest absolute Gasteiger partial charge is 0.181 e. The molecular weight excluding hydrogens is 294 g/mol. The van der Waals surface area contributed by atoms with Gasteiger partial charge in [0, 0.05) is 18.0 Å². The number of hydrogen-bond acceptors (Lipinski definition) is 6. The van der Waals surface area contributed by atoms with Gasteiger partial charge in [-0.15, -0.1) is 5.10 Å². The van der Waals surface area contributed by atoms with E-state index in [-0.39, 0.29) is 0 Å². The van der Waals surface area contributed by atoms with Crippen molar-refractivity contribution in [1.29, 1.82) is 0 Å². The highest BCUT2D eigenvalue weighted by molar-refractivity contribution is 5.78. The molecule has 4 aromatic heterocycles. The van der Waals surface area contributed by atoms with Gasteiger partial charge in [0.15, 0.2) is 16.9 Å². The fourth-order valence-corrected chi connectivity index (χ4v) is 2.54. The number of fused-ring (bicyclic) bond motifs is 2. The maximum absolute atomic E-state index is 5.87. The van der Waals surface area contributed by atoms with Crippen molar-refractivity contribution in [3.05, 3.63) is 41.3 Å². The second-order valence-corrected chi connectivity index (χ2v) is 5.42. The van der Waals surface area contributed by atoms with Crippen molar-refractivity contribution in [3.8, 4) is 5.75 Å². The average molecular weight is 309 g/mol. The third kappa shape index (κ3) is 2.24. The fraction of sp³-hybridized carbons (Fsp3) is 0.200. The number of nitrogens with two attached hydrogens (primary N) is 1. The minimum atomic E-state index is 0.317. The van der Waals surface area contributed by atoms with Crippen LogP contribution in [0.2, 0.25) is 0 Å². The summed E-state index contributed by atoms with van der Waals surface area (Å²) in [6.45, 7) is 4.39. The molecule has 0 fully saturated rings. The number of anilines is 1. The number of aromatic amines is 1. The lowest BCUT2D eigenvalue weighted by Crippen LogP contribution is -2.01. The first kappa shape index (κ1) is 13.5. The van der Waals surface area contributed by atoms with Crippen molar-refractivity contribution in [2.24, 2.45) is 0 Å². The summed E-state index contributed by atoms with van der Waals surface area (Å²) in [4.78, 5) is 8.72. The molecule has 0 radical (unpaired) electrons. The van der Waals surface area contributed by atoms with Gasteiger partial charge >= 0.3 is 0 Å². The molecule has 0 bridgehead atoms. The van der Waals surface area contributed by atoms with E-state index in [1.54, 1.807) is 6.07 Å². The van der Waals surface area contributed by atoms with Crippen LogP contribution in [0, 0.1) is 13.8 Å². The van der Waals surface area contributed by atoms with Crippen LogP contribution in [0.3, 0.4) is 0 Å². The monoisotopic (exact) mass is 309 g/mol. The minimum Gasteiger partial charge on any atom is -0.485 e. The van der Waals surface area contributed by atoms with Crippen LogP contribution < -0.4 is 10.5 Å². The summed E-state index contributed by atoms with van der Waals surface area (Å²) in [7, 11) is 0. The average Bonchev–Trinajstić information content (AvgIpc) is 3.10. The quantitative estimate of drug-likeness (QED) is 0.597. The van der Waals surface area contributed by atoms with Crippen LogP contribution in [0.25, 0.3) is 16.8 Å². The normalized spacial score (nSPS) is 11.4. The fourth-order valence-electron chi connectivity index (χ4n) is 2.54. The van der Waals surface area contributed by atoms with Crippen LogP contribution in [0.4, 0.5) is 5.82 Å². The zero-order valence-electron chi connectivity index (χ0n) is 12.7. The molecule has 8 nitrogen and oxygen atoms in total. The first-order chi connectivity index (χ1) is 11.1. The molecule has 0 saturated heterocycles. The second-order valence-electron chi connectivity index (χ2n) is 5.42. The summed E-state index contributed by atoms with van der Waals surface area (Å²) in [5.74, 6) is 0.884. The molecule has 0 aliphatic heterocycles. The largest absolute Gasteiger partial charge is 0.485 e. The van der Waals surface area contributed by atoms with E-state index in [9.17, 15) is 0 Å². The Morgan fingerprint density at radius 2 is 2.13 bits per heavy atom. The van der Waals surface area contributed by atoms with Crippen LogP contribution in [-0.2, 0) is 6.61 Å². The summed E-state index contributed by atoms with van der Waals surface area (Å²) in [5, 5.41) is 10.4. The Balaban J connectivity index is 1.68. The molecule has 4 heterocycles. The van der Waals surface area contributed by atoms with E-state index in [2.05, 4.69) is 42.9 Å². The maximum atomic E-state index is 5.87. The van der Waals surface area contributed by atoms with Gasteiger partial charge in [0.1, 0.15) is 18.1 Å². The van der Waals surface area contributed by atoms with Gasteiger partial charge in [0.2, 0.25) is 0 Å². The van der Waals surface area contributed by atoms with Crippen molar-refractivity contribution in [3.63, 3.8) is 0 Å². The van der Waals surface area contributed by atoms with E-state index in [0.717, 1.165) is 17.0 Å². The van der Waals surface area contributed by atoms with Gasteiger partial charge < -0.3 is 14.9 Å². The molecule has 0 amide bonds. The number of H-pyrrole nitrogens is 1. The zero-order chi connectivity index (χ0) is 16.0. The van der Waals surface area contributed by atoms with Crippen LogP contribution in [0.5, 0.6) is 5.75 Å². The van der Waals surface area contributed by atoms with Crippen LogP contribution in [0.15, 0.2) is 24.4 Å². The lowest BCUT2D eigenvalue weighted by atomic mass is 10.3. The van der Waals surface area contributed by atoms with Gasteiger partial charge in [-0.1, -0.05) is 11.3 Å². The predicted octanol–water partition coefficient (Wildman–Crippen LogP) is 1.78. The number of ether oxygens (including phenoxy) is 1. The van der Waals surface area contributed by atoms with Crippen molar-refractivity contribution < 1.29 is 4.74 Å². The Bertz CT molecular complexity index is 1020. The van der Waals surface area contributed by atoms with E-state index in [1.807, 2.05) is 19.1 Å². The molecule has 8 heteroatoms. The first-order valence-corrected chi connectivity index (χ1v) is 7.16. The van der Waals surface area contributed by atoms with Gasteiger partial charge in [-0.3, -0.25) is 0 Å². The first-order valence-electron chi connectivity index (χ1n) is 7.16. The number of rotatable bonds is 3. The van der Waals surface area contributed by atoms with Crippen molar-refractivity contribution >= 4 is 22.6 Å². The Hall–Kier alpha value is -3.16. The molecule has 116 valence electrons. The highest BCUT2D eigenvalue weighted by atomic mass is 16.5. The number of nitrogens with one attached hydrogen (secondary N) is 1. The highest BCUT2D eigenvalue weighted by Gasteiger charge is 2.13. The second kappa shape index (κ2) is 4.94. The molecule has 0 atom stereocenters. The van der Waals surface area contributed by atoms with E-state index >= 15 is 0 Å². The molecule has 0 saturated carbocycles. The number of imidazole rings is 1. The molecule has 0 aromatic carbocycles. The van der Waals surface area contributed by atoms with Crippen molar-refractivity contribution in [1.82, 2.24) is 29.8 Å². The SMILES string of the molecule is Cc1ccc2nc(COc3cc(N)nc4[nH]nnc34)c(C)n2c1. The van der Waals surface area contributed by atoms with Crippen molar-refractivity contribution in [2.45, 2.75) is 20.5 Å². The van der Waals surface area contributed by atoms with Gasteiger partial charge in [0.25, 0.3) is 0 Å². The van der Waals surface area contributed by atoms with Crippen LogP contribution in [-0.4, -0.2) is 29.8 Å². The third-order valence-electron chi connectivity index (χ3n) is 3.75. The number of aryl methyl sites for hydroxylation is 2. The van der Waals surface area contributed by atoms with E-state index in [4.69, 9.17) is 10.5 Å². The minimum absolute atomic E-state index is 0.317. The molecule has 0 spiro atoms. The summed E-state index contributed by atoms with van der Waals surface area (Å²) in [6, 6.07) is 5.67. The molecule has 4 rings (SSSR count). The Kier molecular flexibility index (Phi) is 2.90. The van der Waals surface area contributed by atoms with Crippen LogP contribution >= 0.6 is 0 Å². The number of nitrogen functional groups attached to an aromatic ring is 1. The molecule has 4 aromatic rings. The van der Waals surface area contributed by atoms with Gasteiger partial charge in [-0.25, -0.2) is 15.1 Å². The zero-order valence-corrected chi connectivity index (χ0v) is 12.7. The number of aromatic nitrogens is 6. The maximum Gasteiger partial charge on any atom is 0.181 e. The standard InChI is InChI=1S/C15H15N7O/c1-8-3-4-13-17-10(9(2)22(13)6-8)7-23-11-5-12(16)18-15-14(11)19-21-20-15/h3-6H,7H2,1-2H3,(H3,16,18,19,20,21). The molecule has 23 heavy (non-hydrogen) atoms. The lowest BCUT2D eigenvalue weighted by molar-refractivity contribution is 0.304. The summed E-state index contributed by atoms with van der Waals surface area (Å²) >= 11 is 0. The van der Waals surface area contributed by atoms with E-state index in [0.29, 0.717) is 29.3 Å². The van der Waals surface area contributed by atoms with Gasteiger partial charge in [0.05, 0.1) is 5.69 Å². The lowest BCUT2D eigenvalue weighted by Gasteiger charge is -2.06. The van der Waals surface area contributed by atoms with Gasteiger partial charge in [-0.2, -0.15) is 0 Å². The van der Waals surface area contributed by atoms with Gasteiger partial charge in [-0.05, 0) is 25.5 Å². The van der Waals surface area contributed by atoms with Crippen molar-refractivity contribution in [2.75, 3.05) is 5.73 Å². The molecule has 0 aliphatic rings. The molecule has 0 aliphatic carbocycles. The number of pyridine rings is 2. The number of hydrogen-bond donors (Lipinski definition) is 2. The number of nitrogens with zero attached hydrogens (tertiary/aromatic N) is 5. The van der Waals surface area contributed by atoms with E-state index in [1.165, 1.54) is 5.56 Å². The third-order valence-corrected chi connectivity index (χ3v) is 3.75. The Labute approximate surface area is 131 Å². The highest BCUT2D eigenvalue weighted by Crippen LogP contribution is 2.24. The molecular formula is C15H15N7O. The Morgan fingerprint density at radius 3 is 3.00 bits per heavy atom.